The summed E-state index contributed by atoms with van der Waals surface area (Å²) in [5.41, 5.74) is 0.928. The van der Waals surface area contributed by atoms with Gasteiger partial charge in [0.2, 0.25) is 0 Å². The van der Waals surface area contributed by atoms with E-state index in [1.54, 1.807) is 12.1 Å². The first-order valence-corrected chi connectivity index (χ1v) is 10.3. The third-order valence-electron chi connectivity index (χ3n) is 4.07. The van der Waals surface area contributed by atoms with E-state index in [1.165, 1.54) is 56.7 Å². The van der Waals surface area contributed by atoms with Crippen LogP contribution in [0.2, 0.25) is 0 Å². The smallest absolute Gasteiger partial charge is 0.253 e. The minimum absolute atomic E-state index is 0.178. The minimum Gasteiger partial charge on any atom is -0.744 e. The zero-order valence-electron chi connectivity index (χ0n) is 15.7. The first kappa shape index (κ1) is 21.4. The van der Waals surface area contributed by atoms with Gasteiger partial charge in [-0.1, -0.05) is 44.4 Å². The normalized spacial score (nSPS) is 11.1. The molecule has 0 aliphatic heterocycles. The van der Waals surface area contributed by atoms with Crippen molar-refractivity contribution in [3.05, 3.63) is 48.0 Å². The van der Waals surface area contributed by atoms with Crippen molar-refractivity contribution in [3.8, 4) is 0 Å². The van der Waals surface area contributed by atoms with Crippen molar-refractivity contribution in [2.24, 2.45) is 0 Å². The molecule has 5 nitrogen and oxygen atoms in total. The Labute approximate surface area is 152 Å². The van der Waals surface area contributed by atoms with E-state index in [0.717, 1.165) is 5.56 Å². The summed E-state index contributed by atoms with van der Waals surface area (Å²) in [6.45, 7) is 10.9. The molecule has 0 bridgehead atoms. The molecule has 0 atom stereocenters. The molecule has 1 aromatic carbocycles. The molecule has 0 spiro atoms. The van der Waals surface area contributed by atoms with Gasteiger partial charge in [-0.3, -0.25) is 0 Å². The molecule has 0 N–H and O–H groups in total. The van der Waals surface area contributed by atoms with Gasteiger partial charge in [0.25, 0.3) is 5.82 Å². The highest BCUT2D eigenvalue weighted by molar-refractivity contribution is 7.85. The molecular weight excluding hydrogens is 336 g/mol. The average Bonchev–Trinajstić information content (AvgIpc) is 2.91. The fourth-order valence-corrected chi connectivity index (χ4v) is 2.85. The summed E-state index contributed by atoms with van der Waals surface area (Å²) in [7, 11) is -4.27. The van der Waals surface area contributed by atoms with Crippen molar-refractivity contribution in [3.63, 3.8) is 0 Å². The summed E-state index contributed by atoms with van der Waals surface area (Å²) in [4.78, 5) is -0.178. The average molecular weight is 367 g/mol. The second kappa shape index (κ2) is 10.4. The monoisotopic (exact) mass is 366 g/mol. The standard InChI is InChI=1S/C12H23N2.C7H8O3S/c1-4-6-8-13-10-11-14(12(13)3)9-7-5-2;1-6-2-4-7(5-3-6)11(8,9)10/h10-11H,4-9H2,1-3H3;2-5H,1H3,(H,8,9,10)/q+1;/p-1. The molecule has 0 saturated heterocycles. The molecule has 6 heteroatoms. The molecule has 0 fully saturated rings. The van der Waals surface area contributed by atoms with Gasteiger partial charge in [0.05, 0.1) is 18.0 Å². The lowest BCUT2D eigenvalue weighted by atomic mass is 10.2. The Morgan fingerprint density at radius 2 is 1.64 bits per heavy atom. The molecule has 1 heterocycles. The molecule has 1 aromatic heterocycles. The van der Waals surface area contributed by atoms with Crippen molar-refractivity contribution in [1.29, 1.82) is 0 Å². The molecule has 0 radical (unpaired) electrons. The number of aromatic nitrogens is 2. The number of nitrogens with zero attached hydrogens (tertiary/aromatic N) is 2. The van der Waals surface area contributed by atoms with Gasteiger partial charge in [-0.15, -0.1) is 0 Å². The van der Waals surface area contributed by atoms with Crippen LogP contribution in [0.4, 0.5) is 0 Å². The zero-order chi connectivity index (χ0) is 18.9. The highest BCUT2D eigenvalue weighted by Crippen LogP contribution is 2.08. The number of aryl methyl sites for hydroxylation is 3. The SMILES string of the molecule is CCCCn1cc[n+](CCCC)c1C.Cc1ccc(S(=O)(=O)[O-])cc1. The molecular formula is C19H30N2O3S. The molecule has 2 aromatic rings. The van der Waals surface area contributed by atoms with Crippen LogP contribution < -0.4 is 4.57 Å². The van der Waals surface area contributed by atoms with Crippen LogP contribution in [-0.2, 0) is 23.2 Å². The number of benzene rings is 1. The molecule has 0 unspecified atom stereocenters. The van der Waals surface area contributed by atoms with Gasteiger partial charge in [0, 0.05) is 6.92 Å². The lowest BCUT2D eigenvalue weighted by Gasteiger charge is -2.05. The fraction of sp³-hybridized carbons (Fsp3) is 0.526. The molecule has 0 saturated carbocycles. The van der Waals surface area contributed by atoms with E-state index in [2.05, 4.69) is 42.3 Å². The van der Waals surface area contributed by atoms with Crippen molar-refractivity contribution in [2.45, 2.75) is 71.4 Å². The predicted octanol–water partition coefficient (Wildman–Crippen LogP) is 3.58. The molecule has 25 heavy (non-hydrogen) atoms. The van der Waals surface area contributed by atoms with E-state index in [-0.39, 0.29) is 4.90 Å². The quantitative estimate of drug-likeness (QED) is 0.556. The Morgan fingerprint density at radius 3 is 2.16 bits per heavy atom. The maximum atomic E-state index is 10.4. The third-order valence-corrected chi connectivity index (χ3v) is 4.92. The van der Waals surface area contributed by atoms with Gasteiger partial charge in [-0.05, 0) is 31.9 Å². The van der Waals surface area contributed by atoms with E-state index >= 15 is 0 Å². The first-order valence-electron chi connectivity index (χ1n) is 8.87. The summed E-state index contributed by atoms with van der Waals surface area (Å²) in [5, 5.41) is 0. The highest BCUT2D eigenvalue weighted by atomic mass is 32.2. The molecule has 0 amide bonds. The van der Waals surface area contributed by atoms with Crippen LogP contribution in [-0.4, -0.2) is 17.5 Å². The van der Waals surface area contributed by atoms with Crippen LogP contribution in [0.3, 0.4) is 0 Å². The van der Waals surface area contributed by atoms with Gasteiger partial charge in [-0.2, -0.15) is 0 Å². The van der Waals surface area contributed by atoms with Crippen LogP contribution in [0.25, 0.3) is 0 Å². The second-order valence-electron chi connectivity index (χ2n) is 6.21. The molecule has 0 aliphatic carbocycles. The highest BCUT2D eigenvalue weighted by Gasteiger charge is 2.10. The Balaban J connectivity index is 0.000000257. The van der Waals surface area contributed by atoms with E-state index in [9.17, 15) is 13.0 Å². The Kier molecular flexibility index (Phi) is 8.86. The van der Waals surface area contributed by atoms with Crippen molar-refractivity contribution in [2.75, 3.05) is 0 Å². The van der Waals surface area contributed by atoms with Crippen LogP contribution in [0.5, 0.6) is 0 Å². The molecule has 0 aliphatic rings. The molecule has 2 rings (SSSR count). The second-order valence-corrected chi connectivity index (χ2v) is 7.59. The number of hydrogen-bond donors (Lipinski definition) is 0. The summed E-state index contributed by atoms with van der Waals surface area (Å²) >= 11 is 0. The van der Waals surface area contributed by atoms with E-state index in [4.69, 9.17) is 0 Å². The lowest BCUT2D eigenvalue weighted by molar-refractivity contribution is -0.702. The summed E-state index contributed by atoms with van der Waals surface area (Å²) in [6.07, 6.45) is 9.52. The minimum atomic E-state index is -4.27. The predicted molar refractivity (Wildman–Crippen MR) is 98.3 cm³/mol. The first-order chi connectivity index (χ1) is 11.8. The summed E-state index contributed by atoms with van der Waals surface area (Å²) in [6, 6.07) is 5.78. The third kappa shape index (κ3) is 7.40. The van der Waals surface area contributed by atoms with Gasteiger partial charge in [-0.25, -0.2) is 17.6 Å². The van der Waals surface area contributed by atoms with Gasteiger partial charge >= 0.3 is 0 Å². The van der Waals surface area contributed by atoms with Crippen molar-refractivity contribution in [1.82, 2.24) is 4.57 Å². The largest absolute Gasteiger partial charge is 0.744 e. The molecule has 140 valence electrons. The van der Waals surface area contributed by atoms with Crippen molar-refractivity contribution < 1.29 is 17.5 Å². The Hall–Kier alpha value is -1.66. The zero-order valence-corrected chi connectivity index (χ0v) is 16.6. The van der Waals surface area contributed by atoms with Crippen LogP contribution in [0.15, 0.2) is 41.6 Å². The van der Waals surface area contributed by atoms with Crippen LogP contribution in [0, 0.1) is 13.8 Å². The maximum absolute atomic E-state index is 10.4. The van der Waals surface area contributed by atoms with Crippen LogP contribution in [0.1, 0.15) is 50.9 Å². The van der Waals surface area contributed by atoms with E-state index < -0.39 is 10.1 Å². The van der Waals surface area contributed by atoms with Gasteiger partial charge in [0.1, 0.15) is 22.5 Å². The van der Waals surface area contributed by atoms with E-state index in [0.29, 0.717) is 0 Å². The summed E-state index contributed by atoms with van der Waals surface area (Å²) < 4.78 is 35.9. The topological polar surface area (TPSA) is 66.0 Å². The van der Waals surface area contributed by atoms with Gasteiger partial charge in [0.15, 0.2) is 0 Å². The van der Waals surface area contributed by atoms with E-state index in [1.807, 2.05) is 6.92 Å². The number of rotatable bonds is 7. The Morgan fingerprint density at radius 1 is 1.04 bits per heavy atom. The maximum Gasteiger partial charge on any atom is 0.253 e. The lowest BCUT2D eigenvalue weighted by Crippen LogP contribution is -2.35. The Bertz CT molecular complexity index is 709. The number of hydrogen-bond acceptors (Lipinski definition) is 3. The number of imidazole rings is 1. The van der Waals surface area contributed by atoms with Crippen LogP contribution >= 0.6 is 0 Å². The fourth-order valence-electron chi connectivity index (χ4n) is 2.38. The number of unbranched alkanes of at least 4 members (excludes halogenated alkanes) is 2. The summed E-state index contributed by atoms with van der Waals surface area (Å²) in [5.74, 6) is 1.40. The van der Waals surface area contributed by atoms with Crippen molar-refractivity contribution >= 4 is 10.1 Å². The van der Waals surface area contributed by atoms with Gasteiger partial charge < -0.3 is 4.55 Å².